The van der Waals surface area contributed by atoms with Gasteiger partial charge in [-0.2, -0.15) is 0 Å². The molecule has 126 valence electrons. The number of hydrogen-bond donors (Lipinski definition) is 0. The predicted octanol–water partition coefficient (Wildman–Crippen LogP) is 0.736. The van der Waals surface area contributed by atoms with E-state index in [4.69, 9.17) is 4.74 Å². The number of carbonyl (C=O) groups is 1. The van der Waals surface area contributed by atoms with E-state index in [0.717, 1.165) is 26.7 Å². The van der Waals surface area contributed by atoms with Crippen molar-refractivity contribution in [2.24, 2.45) is 0 Å². The molecule has 0 amide bonds. The van der Waals surface area contributed by atoms with Gasteiger partial charge < -0.3 is 9.29 Å². The van der Waals surface area contributed by atoms with Crippen LogP contribution < -0.4 is 29.6 Å². The van der Waals surface area contributed by atoms with Crippen LogP contribution in [0.25, 0.3) is 0 Å². The zero-order valence-electron chi connectivity index (χ0n) is 14.5. The molecule has 0 spiro atoms. The average molecular weight is 344 g/mol. The number of ether oxygens (including phenoxy) is 1. The first kappa shape index (κ1) is 24.6. The zero-order valence-corrected chi connectivity index (χ0v) is 17.3. The SMILES string of the molecule is CCCCCCCCCCCC(=O)OC(C)(C)S(=O)(=O)[O-].[Na+]. The van der Waals surface area contributed by atoms with Gasteiger partial charge >= 0.3 is 35.5 Å². The molecule has 5 nitrogen and oxygen atoms in total. The maximum Gasteiger partial charge on any atom is 1.00 e. The van der Waals surface area contributed by atoms with Crippen molar-refractivity contribution >= 4 is 16.1 Å². The van der Waals surface area contributed by atoms with Crippen LogP contribution in [0.5, 0.6) is 0 Å². The van der Waals surface area contributed by atoms with E-state index in [0.29, 0.717) is 6.42 Å². The van der Waals surface area contributed by atoms with Crippen molar-refractivity contribution < 1.29 is 52.1 Å². The maximum absolute atomic E-state index is 11.5. The number of hydrogen-bond acceptors (Lipinski definition) is 5. The number of unbranched alkanes of at least 4 members (excludes halogenated alkanes) is 8. The van der Waals surface area contributed by atoms with Crippen LogP contribution in [0.3, 0.4) is 0 Å². The van der Waals surface area contributed by atoms with Gasteiger partial charge in [0.15, 0.2) is 4.93 Å². The van der Waals surface area contributed by atoms with Gasteiger partial charge in [0.05, 0.1) is 0 Å². The molecular weight excluding hydrogens is 315 g/mol. The molecule has 0 heterocycles. The first-order valence-electron chi connectivity index (χ1n) is 7.88. The Hall–Kier alpha value is 0.380. The van der Waals surface area contributed by atoms with Gasteiger partial charge in [-0.15, -0.1) is 0 Å². The van der Waals surface area contributed by atoms with Crippen LogP contribution in [0, 0.1) is 0 Å². The maximum atomic E-state index is 11.5. The van der Waals surface area contributed by atoms with Crippen molar-refractivity contribution in [2.75, 3.05) is 0 Å². The molecule has 0 aromatic heterocycles. The second-order valence-corrected chi connectivity index (χ2v) is 7.80. The largest absolute Gasteiger partial charge is 1.00 e. The Morgan fingerprint density at radius 3 is 1.77 bits per heavy atom. The fourth-order valence-electron chi connectivity index (χ4n) is 1.96. The van der Waals surface area contributed by atoms with Crippen LogP contribution in [0.1, 0.15) is 85.0 Å². The Morgan fingerprint density at radius 1 is 0.955 bits per heavy atom. The summed E-state index contributed by atoms with van der Waals surface area (Å²) in [6, 6.07) is 0. The third-order valence-corrected chi connectivity index (χ3v) is 4.73. The molecule has 0 rings (SSSR count). The summed E-state index contributed by atoms with van der Waals surface area (Å²) in [6.45, 7) is 4.39. The fourth-order valence-corrected chi connectivity index (χ4v) is 2.15. The van der Waals surface area contributed by atoms with Crippen molar-refractivity contribution in [3.8, 4) is 0 Å². The van der Waals surface area contributed by atoms with Crippen molar-refractivity contribution in [1.82, 2.24) is 0 Å². The van der Waals surface area contributed by atoms with Gasteiger partial charge in [-0.05, 0) is 20.3 Å². The number of esters is 1. The summed E-state index contributed by atoms with van der Waals surface area (Å²) in [5.74, 6) is -0.623. The first-order valence-corrected chi connectivity index (χ1v) is 9.29. The molecule has 0 saturated heterocycles. The molecule has 0 aliphatic rings. The van der Waals surface area contributed by atoms with Gasteiger partial charge in [-0.25, -0.2) is 8.42 Å². The zero-order chi connectivity index (χ0) is 16.4. The molecule has 0 saturated carbocycles. The van der Waals surface area contributed by atoms with E-state index in [1.807, 2.05) is 0 Å². The molecule has 0 radical (unpaired) electrons. The Morgan fingerprint density at radius 2 is 1.36 bits per heavy atom. The molecule has 0 aromatic carbocycles. The molecule has 0 fully saturated rings. The topological polar surface area (TPSA) is 83.5 Å². The number of carbonyl (C=O) groups excluding carboxylic acids is 1. The Bertz CT molecular complexity index is 393. The molecule has 0 aromatic rings. The third kappa shape index (κ3) is 11.9. The van der Waals surface area contributed by atoms with Gasteiger partial charge in [0.1, 0.15) is 10.1 Å². The van der Waals surface area contributed by atoms with Crippen LogP contribution in [0.15, 0.2) is 0 Å². The molecule has 0 unspecified atom stereocenters. The molecule has 0 aliphatic carbocycles. The molecule has 22 heavy (non-hydrogen) atoms. The summed E-state index contributed by atoms with van der Waals surface area (Å²) in [6.07, 6.45) is 10.3. The predicted molar refractivity (Wildman–Crippen MR) is 81.7 cm³/mol. The summed E-state index contributed by atoms with van der Waals surface area (Å²) in [7, 11) is -4.64. The van der Waals surface area contributed by atoms with Crippen LogP contribution in [0.4, 0.5) is 0 Å². The first-order chi connectivity index (χ1) is 9.70. The summed E-state index contributed by atoms with van der Waals surface area (Å²) in [4.78, 5) is 9.50. The Labute approximate surface area is 157 Å². The minimum Gasteiger partial charge on any atom is -0.745 e. The van der Waals surface area contributed by atoms with E-state index < -0.39 is 21.0 Å². The van der Waals surface area contributed by atoms with Crippen molar-refractivity contribution in [2.45, 2.75) is 89.9 Å². The number of rotatable bonds is 12. The molecule has 0 N–H and O–H groups in total. The van der Waals surface area contributed by atoms with Crippen LogP contribution in [0.2, 0.25) is 0 Å². The van der Waals surface area contributed by atoms with Crippen molar-refractivity contribution in [3.05, 3.63) is 0 Å². The van der Waals surface area contributed by atoms with Gasteiger partial charge in [0.25, 0.3) is 0 Å². The standard InChI is InChI=1S/C15H30O5S.Na/c1-4-5-6-7-8-9-10-11-12-13-14(16)20-15(2,3)21(17,18)19;/h4-13H2,1-3H3,(H,17,18,19);/q;+1/p-1. The van der Waals surface area contributed by atoms with Crippen LogP contribution >= 0.6 is 0 Å². The van der Waals surface area contributed by atoms with Gasteiger partial charge in [0, 0.05) is 6.42 Å². The van der Waals surface area contributed by atoms with E-state index in [2.05, 4.69) is 6.92 Å². The van der Waals surface area contributed by atoms with E-state index in [-0.39, 0.29) is 36.0 Å². The third-order valence-electron chi connectivity index (χ3n) is 3.45. The van der Waals surface area contributed by atoms with Gasteiger partial charge in [-0.1, -0.05) is 58.3 Å². The van der Waals surface area contributed by atoms with E-state index in [9.17, 15) is 17.8 Å². The van der Waals surface area contributed by atoms with Gasteiger partial charge in [0.2, 0.25) is 0 Å². The molecular formula is C15H29NaO5S. The van der Waals surface area contributed by atoms with Crippen LogP contribution in [-0.2, 0) is 19.6 Å². The second-order valence-electron chi connectivity index (χ2n) is 5.91. The normalized spacial score (nSPS) is 11.8. The van der Waals surface area contributed by atoms with Crippen molar-refractivity contribution in [3.63, 3.8) is 0 Å². The minimum atomic E-state index is -4.64. The fraction of sp³-hybridized carbons (Fsp3) is 0.933. The molecule has 0 atom stereocenters. The monoisotopic (exact) mass is 344 g/mol. The smallest absolute Gasteiger partial charge is 0.745 e. The average Bonchev–Trinajstić information content (AvgIpc) is 2.35. The summed E-state index contributed by atoms with van der Waals surface area (Å²) in [5, 5.41) is 0. The van der Waals surface area contributed by atoms with E-state index in [1.165, 1.54) is 38.5 Å². The van der Waals surface area contributed by atoms with Gasteiger partial charge in [-0.3, -0.25) is 4.79 Å². The second kappa shape index (κ2) is 12.8. The van der Waals surface area contributed by atoms with E-state index in [1.54, 1.807) is 0 Å². The van der Waals surface area contributed by atoms with Crippen molar-refractivity contribution in [1.29, 1.82) is 0 Å². The molecule has 0 bridgehead atoms. The molecule has 7 heteroatoms. The Balaban J connectivity index is 0. The summed E-state index contributed by atoms with van der Waals surface area (Å²) in [5.41, 5.74) is 0. The molecule has 0 aliphatic heterocycles. The summed E-state index contributed by atoms with van der Waals surface area (Å²) < 4.78 is 37.4. The minimum absolute atomic E-state index is 0. The summed E-state index contributed by atoms with van der Waals surface area (Å²) >= 11 is 0. The quantitative estimate of drug-likeness (QED) is 0.226. The Kier molecular flexibility index (Phi) is 14.3. The van der Waals surface area contributed by atoms with Crippen LogP contribution in [-0.4, -0.2) is 23.9 Å². The van der Waals surface area contributed by atoms with E-state index >= 15 is 0 Å².